The van der Waals surface area contributed by atoms with Crippen LogP contribution in [0.4, 0.5) is 23.4 Å². The maximum Gasteiger partial charge on any atom is 0.490 e. The topological polar surface area (TPSA) is 113 Å². The molecule has 0 aliphatic rings. The van der Waals surface area contributed by atoms with Gasteiger partial charge in [0.05, 0.1) is 6.26 Å². The molecular weight excluding hydrogens is 382 g/mol. The number of hydrogen-bond donors (Lipinski definition) is 2. The van der Waals surface area contributed by atoms with Gasteiger partial charge in [-0.05, 0) is 35.9 Å². The van der Waals surface area contributed by atoms with Crippen molar-refractivity contribution in [2.24, 2.45) is 0 Å². The fraction of sp³-hybridized carbons (Fsp3) is 0.0556. The van der Waals surface area contributed by atoms with Crippen LogP contribution < -0.4 is 5.73 Å². The van der Waals surface area contributed by atoms with Gasteiger partial charge < -0.3 is 15.3 Å². The van der Waals surface area contributed by atoms with Gasteiger partial charge in [0, 0.05) is 5.56 Å². The SMILES string of the molecule is N#Cc1c(-c2ccc(F)cc2)cc(-c2ccco2)nc1N.O=C(O)C(F)(F)F. The van der Waals surface area contributed by atoms with E-state index in [-0.39, 0.29) is 17.2 Å². The highest BCUT2D eigenvalue weighted by Crippen LogP contribution is 2.31. The van der Waals surface area contributed by atoms with Crippen molar-refractivity contribution >= 4 is 11.8 Å². The Bertz CT molecular complexity index is 1010. The molecule has 0 radical (unpaired) electrons. The Morgan fingerprint density at radius 2 is 1.82 bits per heavy atom. The van der Waals surface area contributed by atoms with Crippen LogP contribution in [0.3, 0.4) is 0 Å². The summed E-state index contributed by atoms with van der Waals surface area (Å²) >= 11 is 0. The second-order valence-corrected chi connectivity index (χ2v) is 5.21. The Morgan fingerprint density at radius 3 is 2.29 bits per heavy atom. The highest BCUT2D eigenvalue weighted by atomic mass is 19.4. The van der Waals surface area contributed by atoms with Crippen LogP contribution in [0.25, 0.3) is 22.6 Å². The number of nitrogens with two attached hydrogens (primary N) is 1. The minimum atomic E-state index is -5.08. The van der Waals surface area contributed by atoms with Gasteiger partial charge in [0.2, 0.25) is 0 Å². The van der Waals surface area contributed by atoms with Crippen LogP contribution in [0.1, 0.15) is 5.56 Å². The number of nitriles is 1. The number of nitrogen functional groups attached to an aromatic ring is 1. The second kappa shape index (κ2) is 8.22. The lowest BCUT2D eigenvalue weighted by Crippen LogP contribution is -2.21. The van der Waals surface area contributed by atoms with Crippen LogP contribution >= 0.6 is 0 Å². The maximum atomic E-state index is 13.0. The Balaban J connectivity index is 0.000000345. The number of aliphatic carboxylic acids is 1. The van der Waals surface area contributed by atoms with Crippen LogP contribution in [-0.4, -0.2) is 22.2 Å². The van der Waals surface area contributed by atoms with Crippen molar-refractivity contribution in [1.82, 2.24) is 4.98 Å². The lowest BCUT2D eigenvalue weighted by Gasteiger charge is -2.08. The van der Waals surface area contributed by atoms with Gasteiger partial charge in [-0.2, -0.15) is 18.4 Å². The Labute approximate surface area is 155 Å². The average Bonchev–Trinajstić information content (AvgIpc) is 3.16. The largest absolute Gasteiger partial charge is 0.490 e. The fourth-order valence-electron chi connectivity index (χ4n) is 2.09. The van der Waals surface area contributed by atoms with E-state index in [0.29, 0.717) is 22.6 Å². The molecule has 10 heteroatoms. The summed E-state index contributed by atoms with van der Waals surface area (Å²) in [4.78, 5) is 13.1. The van der Waals surface area contributed by atoms with E-state index in [1.54, 1.807) is 30.3 Å². The number of nitrogens with zero attached hydrogens (tertiary/aromatic N) is 2. The Morgan fingerprint density at radius 1 is 1.21 bits per heavy atom. The first-order chi connectivity index (χ1) is 13.1. The van der Waals surface area contributed by atoms with E-state index >= 15 is 0 Å². The first-order valence-corrected chi connectivity index (χ1v) is 7.44. The molecule has 2 aromatic heterocycles. The number of pyridine rings is 1. The highest BCUT2D eigenvalue weighted by Gasteiger charge is 2.38. The Kier molecular flexibility index (Phi) is 6.00. The van der Waals surface area contributed by atoms with Crippen molar-refractivity contribution in [3.63, 3.8) is 0 Å². The van der Waals surface area contributed by atoms with Gasteiger partial charge in [-0.25, -0.2) is 14.2 Å². The molecule has 28 heavy (non-hydrogen) atoms. The van der Waals surface area contributed by atoms with Gasteiger partial charge in [-0.3, -0.25) is 0 Å². The average molecular weight is 393 g/mol. The number of carboxylic acid groups (broad SMARTS) is 1. The van der Waals surface area contributed by atoms with E-state index in [9.17, 15) is 22.8 Å². The molecule has 0 bridgehead atoms. The lowest BCUT2D eigenvalue weighted by atomic mass is 10.00. The number of benzene rings is 1. The third-order valence-electron chi connectivity index (χ3n) is 3.33. The quantitative estimate of drug-likeness (QED) is 0.630. The zero-order valence-electron chi connectivity index (χ0n) is 13.9. The van der Waals surface area contributed by atoms with Crippen molar-refractivity contribution in [1.29, 1.82) is 5.26 Å². The van der Waals surface area contributed by atoms with Gasteiger partial charge in [0.1, 0.15) is 29.0 Å². The number of hydrogen-bond acceptors (Lipinski definition) is 5. The number of halogens is 4. The summed E-state index contributed by atoms with van der Waals surface area (Å²) in [5, 5.41) is 16.4. The molecule has 1 aromatic carbocycles. The summed E-state index contributed by atoms with van der Waals surface area (Å²) in [6.45, 7) is 0. The second-order valence-electron chi connectivity index (χ2n) is 5.21. The molecule has 0 atom stereocenters. The molecule has 6 nitrogen and oxygen atoms in total. The van der Waals surface area contributed by atoms with E-state index < -0.39 is 12.1 Å². The Hall–Kier alpha value is -3.87. The van der Waals surface area contributed by atoms with Crippen molar-refractivity contribution in [2.45, 2.75) is 6.18 Å². The van der Waals surface area contributed by atoms with Crippen LogP contribution in [0.2, 0.25) is 0 Å². The molecule has 3 rings (SSSR count). The summed E-state index contributed by atoms with van der Waals surface area (Å²) in [7, 11) is 0. The molecule has 144 valence electrons. The van der Waals surface area contributed by atoms with E-state index in [1.807, 2.05) is 6.07 Å². The molecule has 0 saturated heterocycles. The van der Waals surface area contributed by atoms with Crippen molar-refractivity contribution < 1.29 is 31.9 Å². The lowest BCUT2D eigenvalue weighted by molar-refractivity contribution is -0.192. The third kappa shape index (κ3) is 4.85. The number of furan rings is 1. The van der Waals surface area contributed by atoms with Gasteiger partial charge in [-0.1, -0.05) is 12.1 Å². The molecule has 0 amide bonds. The number of aromatic nitrogens is 1. The standard InChI is InChI=1S/C16H10FN3O.C2HF3O2/c17-11-5-3-10(4-6-11)12-8-14(15-2-1-7-21-15)20-16(19)13(12)9-18;3-2(4,5)1(6)7/h1-8H,(H2,19,20);(H,6,7). The predicted octanol–water partition coefficient (Wildman–Crippen LogP) is 4.23. The van der Waals surface area contributed by atoms with E-state index in [0.717, 1.165) is 0 Å². The van der Waals surface area contributed by atoms with Crippen LogP contribution in [0.15, 0.2) is 53.1 Å². The smallest absolute Gasteiger partial charge is 0.475 e. The molecular formula is C18H11F4N3O3. The minimum absolute atomic E-state index is 0.116. The molecule has 0 spiro atoms. The minimum Gasteiger partial charge on any atom is -0.475 e. The number of alkyl halides is 3. The summed E-state index contributed by atoms with van der Waals surface area (Å²) in [6.07, 6.45) is -3.55. The molecule has 3 aromatic rings. The number of carbonyl (C=O) groups is 1. The summed E-state index contributed by atoms with van der Waals surface area (Å²) in [5.74, 6) is -2.43. The number of rotatable bonds is 2. The van der Waals surface area contributed by atoms with Crippen molar-refractivity contribution in [2.75, 3.05) is 5.73 Å². The van der Waals surface area contributed by atoms with Crippen molar-refractivity contribution in [3.8, 4) is 28.7 Å². The zero-order chi connectivity index (χ0) is 20.9. The van der Waals surface area contributed by atoms with E-state index in [1.165, 1.54) is 18.4 Å². The normalized spacial score (nSPS) is 10.5. The van der Waals surface area contributed by atoms with Crippen molar-refractivity contribution in [3.05, 3.63) is 60.1 Å². The molecule has 0 saturated carbocycles. The first kappa shape index (κ1) is 20.4. The highest BCUT2D eigenvalue weighted by molar-refractivity contribution is 5.79. The molecule has 0 unspecified atom stereocenters. The number of carboxylic acids is 1. The summed E-state index contributed by atoms with van der Waals surface area (Å²) in [6, 6.07) is 13.1. The fourth-order valence-corrected chi connectivity index (χ4v) is 2.09. The monoisotopic (exact) mass is 393 g/mol. The number of anilines is 1. The molecule has 2 heterocycles. The molecule has 0 aliphatic heterocycles. The van der Waals surface area contributed by atoms with Crippen LogP contribution in [-0.2, 0) is 4.79 Å². The first-order valence-electron chi connectivity index (χ1n) is 7.44. The van der Waals surface area contributed by atoms with Gasteiger partial charge in [0.25, 0.3) is 0 Å². The molecule has 0 aliphatic carbocycles. The maximum absolute atomic E-state index is 13.0. The van der Waals surface area contributed by atoms with Gasteiger partial charge in [0.15, 0.2) is 5.76 Å². The van der Waals surface area contributed by atoms with E-state index in [2.05, 4.69) is 4.98 Å². The summed E-state index contributed by atoms with van der Waals surface area (Å²) < 4.78 is 50.1. The van der Waals surface area contributed by atoms with Gasteiger partial charge >= 0.3 is 12.1 Å². The van der Waals surface area contributed by atoms with Crippen LogP contribution in [0, 0.1) is 17.1 Å². The summed E-state index contributed by atoms with van der Waals surface area (Å²) in [5.41, 5.74) is 7.93. The molecule has 0 fully saturated rings. The zero-order valence-corrected chi connectivity index (χ0v) is 13.9. The predicted molar refractivity (Wildman–Crippen MR) is 90.2 cm³/mol. The third-order valence-corrected chi connectivity index (χ3v) is 3.33. The molecule has 3 N–H and O–H groups in total. The van der Waals surface area contributed by atoms with Gasteiger partial charge in [-0.15, -0.1) is 0 Å². The van der Waals surface area contributed by atoms with E-state index in [4.69, 9.17) is 20.1 Å². The van der Waals surface area contributed by atoms with Crippen LogP contribution in [0.5, 0.6) is 0 Å².